The average Bonchev–Trinajstić information content (AvgIpc) is 3.01. The van der Waals surface area contributed by atoms with Crippen LogP contribution in [0.15, 0.2) is 35.9 Å². The molecule has 0 saturated carbocycles. The molecule has 0 aromatic carbocycles. The molecule has 8 nitrogen and oxygen atoms in total. The van der Waals surface area contributed by atoms with Crippen LogP contribution in [0.3, 0.4) is 0 Å². The molecule has 2 aromatic heterocycles. The second-order valence-corrected chi connectivity index (χ2v) is 7.75. The number of rotatable bonds is 5. The zero-order valence-electron chi connectivity index (χ0n) is 13.5. The van der Waals surface area contributed by atoms with Crippen molar-refractivity contribution in [2.75, 3.05) is 25.4 Å². The minimum absolute atomic E-state index is 0.0764. The fraction of sp³-hybridized carbons (Fsp3) is 0.467. The van der Waals surface area contributed by atoms with E-state index < -0.39 is 10.0 Å². The highest BCUT2D eigenvalue weighted by Crippen LogP contribution is 2.19. The Bertz CT molecular complexity index is 805. The monoisotopic (exact) mass is 351 g/mol. The first-order valence-corrected chi connectivity index (χ1v) is 9.19. The van der Waals surface area contributed by atoms with E-state index in [1.165, 1.54) is 16.8 Å². The largest absolute Gasteiger partial charge is 0.384 e. The summed E-state index contributed by atoms with van der Waals surface area (Å²) >= 11 is 0. The Balaban J connectivity index is 1.64. The van der Waals surface area contributed by atoms with Crippen molar-refractivity contribution in [3.8, 4) is 0 Å². The number of nitrogens with two attached hydrogens (primary N) is 1. The van der Waals surface area contributed by atoms with E-state index in [1.807, 2.05) is 12.1 Å². The zero-order valence-corrected chi connectivity index (χ0v) is 14.3. The van der Waals surface area contributed by atoms with E-state index in [4.69, 9.17) is 10.5 Å². The molecule has 9 heteroatoms. The van der Waals surface area contributed by atoms with Gasteiger partial charge in [-0.3, -0.25) is 0 Å². The van der Waals surface area contributed by atoms with Crippen molar-refractivity contribution in [1.82, 2.24) is 18.8 Å². The lowest BCUT2D eigenvalue weighted by molar-refractivity contribution is -0.00532. The van der Waals surface area contributed by atoms with E-state index >= 15 is 0 Å². The summed E-state index contributed by atoms with van der Waals surface area (Å²) in [6.45, 7) is 1.06. The van der Waals surface area contributed by atoms with Crippen LogP contribution in [0.1, 0.15) is 12.0 Å². The van der Waals surface area contributed by atoms with Crippen LogP contribution in [-0.2, 0) is 28.2 Å². The Morgan fingerprint density at radius 2 is 2.25 bits per heavy atom. The first kappa shape index (κ1) is 16.9. The second-order valence-electron chi connectivity index (χ2n) is 5.86. The quantitative estimate of drug-likeness (QED) is 0.837. The number of hydrogen-bond acceptors (Lipinski definition) is 6. The highest BCUT2D eigenvalue weighted by Gasteiger charge is 2.32. The van der Waals surface area contributed by atoms with Crippen molar-refractivity contribution in [3.63, 3.8) is 0 Å². The van der Waals surface area contributed by atoms with E-state index in [9.17, 15) is 8.42 Å². The third-order valence-corrected chi connectivity index (χ3v) is 5.74. The number of hydrogen-bond donors (Lipinski definition) is 1. The lowest BCUT2D eigenvalue weighted by Gasteiger charge is -2.31. The van der Waals surface area contributed by atoms with Gasteiger partial charge in [-0.05, 0) is 30.5 Å². The molecular formula is C15H21N5O3S. The van der Waals surface area contributed by atoms with Crippen LogP contribution in [-0.4, -0.2) is 53.1 Å². The number of nitrogens with zero attached hydrogens (tertiary/aromatic N) is 4. The Kier molecular flexibility index (Phi) is 4.83. The van der Waals surface area contributed by atoms with E-state index in [-0.39, 0.29) is 11.1 Å². The fourth-order valence-electron chi connectivity index (χ4n) is 2.72. The Hall–Kier alpha value is -1.97. The number of ether oxygens (including phenoxy) is 1. The van der Waals surface area contributed by atoms with Gasteiger partial charge in [0.25, 0.3) is 10.0 Å². The number of imidazole rings is 1. The smallest absolute Gasteiger partial charge is 0.262 e. The molecule has 130 valence electrons. The predicted octanol–water partition coefficient (Wildman–Crippen LogP) is 0.420. The van der Waals surface area contributed by atoms with Gasteiger partial charge in [0, 0.05) is 32.5 Å². The van der Waals surface area contributed by atoms with Gasteiger partial charge in [0.05, 0.1) is 19.0 Å². The molecular weight excluding hydrogens is 330 g/mol. The van der Waals surface area contributed by atoms with Crippen LogP contribution in [0, 0.1) is 0 Å². The molecule has 2 aromatic rings. The van der Waals surface area contributed by atoms with Gasteiger partial charge in [0.2, 0.25) is 0 Å². The molecule has 0 spiro atoms. The topological polar surface area (TPSA) is 103 Å². The second kappa shape index (κ2) is 6.88. The molecule has 0 bridgehead atoms. The van der Waals surface area contributed by atoms with Crippen LogP contribution >= 0.6 is 0 Å². The predicted molar refractivity (Wildman–Crippen MR) is 88.7 cm³/mol. The number of aryl methyl sites for hydroxylation is 2. The number of morpholine rings is 1. The molecule has 1 aliphatic heterocycles. The van der Waals surface area contributed by atoms with Gasteiger partial charge < -0.3 is 15.0 Å². The molecule has 1 fully saturated rings. The van der Waals surface area contributed by atoms with Crippen molar-refractivity contribution in [3.05, 3.63) is 36.4 Å². The van der Waals surface area contributed by atoms with Gasteiger partial charge in [-0.1, -0.05) is 0 Å². The van der Waals surface area contributed by atoms with Crippen LogP contribution < -0.4 is 5.73 Å². The maximum absolute atomic E-state index is 12.6. The normalized spacial score (nSPS) is 19.5. The van der Waals surface area contributed by atoms with Crippen LogP contribution in [0.2, 0.25) is 0 Å². The van der Waals surface area contributed by atoms with Gasteiger partial charge in [-0.25, -0.2) is 18.4 Å². The first-order chi connectivity index (χ1) is 11.4. The minimum Gasteiger partial charge on any atom is -0.384 e. The minimum atomic E-state index is -3.57. The summed E-state index contributed by atoms with van der Waals surface area (Å²) in [6, 6.07) is 3.73. The zero-order chi connectivity index (χ0) is 17.2. The third kappa shape index (κ3) is 3.74. The molecule has 1 saturated heterocycles. The molecule has 3 rings (SSSR count). The summed E-state index contributed by atoms with van der Waals surface area (Å²) in [4.78, 5) is 7.93. The summed E-state index contributed by atoms with van der Waals surface area (Å²) in [5.41, 5.74) is 6.74. The number of anilines is 1. The van der Waals surface area contributed by atoms with Gasteiger partial charge >= 0.3 is 0 Å². The van der Waals surface area contributed by atoms with Gasteiger partial charge in [-0.2, -0.15) is 4.31 Å². The molecule has 1 unspecified atom stereocenters. The van der Waals surface area contributed by atoms with Crippen molar-refractivity contribution in [1.29, 1.82) is 0 Å². The van der Waals surface area contributed by atoms with E-state index in [0.717, 1.165) is 18.4 Å². The summed E-state index contributed by atoms with van der Waals surface area (Å²) < 4.78 is 34.1. The summed E-state index contributed by atoms with van der Waals surface area (Å²) in [6.07, 6.45) is 6.00. The van der Waals surface area contributed by atoms with E-state index in [0.29, 0.717) is 25.5 Å². The van der Waals surface area contributed by atoms with Gasteiger partial charge in [0.1, 0.15) is 5.82 Å². The highest BCUT2D eigenvalue weighted by atomic mass is 32.2. The van der Waals surface area contributed by atoms with E-state index in [2.05, 4.69) is 9.97 Å². The standard InChI is InChI=1S/C15H21N5O3S/c1-19-10-15(18-11-19)24(21,22)20-6-7-23-13(9-20)3-2-12-4-5-17-14(16)8-12/h4-5,8,10-11,13H,2-3,6-7,9H2,1H3,(H2,16,17). The Morgan fingerprint density at radius 3 is 2.96 bits per heavy atom. The lowest BCUT2D eigenvalue weighted by atomic mass is 10.1. The SMILES string of the molecule is Cn1cnc(S(=O)(=O)N2CCOC(CCc3ccnc(N)c3)C2)c1. The van der Waals surface area contributed by atoms with Crippen molar-refractivity contribution >= 4 is 15.8 Å². The van der Waals surface area contributed by atoms with E-state index in [1.54, 1.807) is 17.8 Å². The van der Waals surface area contributed by atoms with Crippen molar-refractivity contribution < 1.29 is 13.2 Å². The third-order valence-electron chi connectivity index (χ3n) is 3.99. The Morgan fingerprint density at radius 1 is 1.42 bits per heavy atom. The molecule has 3 heterocycles. The molecule has 0 amide bonds. The molecule has 0 aliphatic carbocycles. The molecule has 24 heavy (non-hydrogen) atoms. The number of pyridine rings is 1. The molecule has 2 N–H and O–H groups in total. The Labute approximate surface area is 141 Å². The maximum atomic E-state index is 12.6. The highest BCUT2D eigenvalue weighted by molar-refractivity contribution is 7.89. The fourth-order valence-corrected chi connectivity index (χ4v) is 4.14. The average molecular weight is 351 g/mol. The van der Waals surface area contributed by atoms with Gasteiger partial charge in [-0.15, -0.1) is 0 Å². The summed E-state index contributed by atoms with van der Waals surface area (Å²) in [5, 5.41) is 0.0764. The lowest BCUT2D eigenvalue weighted by Crippen LogP contribution is -2.45. The van der Waals surface area contributed by atoms with Gasteiger partial charge in [0.15, 0.2) is 5.03 Å². The van der Waals surface area contributed by atoms with Crippen molar-refractivity contribution in [2.24, 2.45) is 7.05 Å². The molecule has 1 atom stereocenters. The molecule has 1 aliphatic rings. The van der Waals surface area contributed by atoms with Crippen molar-refractivity contribution in [2.45, 2.75) is 24.0 Å². The van der Waals surface area contributed by atoms with Crippen LogP contribution in [0.25, 0.3) is 0 Å². The number of sulfonamides is 1. The van der Waals surface area contributed by atoms with Crippen LogP contribution in [0.4, 0.5) is 5.82 Å². The maximum Gasteiger partial charge on any atom is 0.262 e. The number of nitrogen functional groups attached to an aromatic ring is 1. The summed E-state index contributed by atoms with van der Waals surface area (Å²) in [7, 11) is -1.83. The number of aromatic nitrogens is 3. The molecule has 0 radical (unpaired) electrons. The first-order valence-electron chi connectivity index (χ1n) is 7.75. The van der Waals surface area contributed by atoms with Crippen LogP contribution in [0.5, 0.6) is 0 Å². The summed E-state index contributed by atoms with van der Waals surface area (Å²) in [5.74, 6) is 0.483.